The van der Waals surface area contributed by atoms with Crippen LogP contribution in [-0.4, -0.2) is 25.6 Å². The van der Waals surface area contributed by atoms with Crippen LogP contribution in [0.25, 0.3) is 0 Å². The lowest BCUT2D eigenvalue weighted by atomic mass is 9.70. The Kier molecular flexibility index (Phi) is 6.96. The Morgan fingerprint density at radius 2 is 1.64 bits per heavy atom. The molecule has 0 aromatic heterocycles. The first-order valence-electron chi connectivity index (χ1n) is 8.97. The van der Waals surface area contributed by atoms with Gasteiger partial charge in [0.2, 0.25) is 0 Å². The second-order valence-corrected chi connectivity index (χ2v) is 6.85. The van der Waals surface area contributed by atoms with Gasteiger partial charge in [0, 0.05) is 5.41 Å². The van der Waals surface area contributed by atoms with E-state index in [1.807, 2.05) is 13.0 Å². The van der Waals surface area contributed by atoms with Crippen LogP contribution in [0.15, 0.2) is 42.5 Å². The van der Waals surface area contributed by atoms with Crippen molar-refractivity contribution in [3.63, 3.8) is 0 Å². The summed E-state index contributed by atoms with van der Waals surface area (Å²) in [5.74, 6) is 1.09. The second kappa shape index (κ2) is 8.84. The average Bonchev–Trinajstić information content (AvgIpc) is 2.66. The van der Waals surface area contributed by atoms with E-state index < -0.39 is 23.4 Å². The molecule has 4 nitrogen and oxygen atoms in total. The third kappa shape index (κ3) is 4.97. The van der Waals surface area contributed by atoms with Gasteiger partial charge in [-0.2, -0.15) is 13.2 Å². The summed E-state index contributed by atoms with van der Waals surface area (Å²) in [5, 5.41) is 9.88. The van der Waals surface area contributed by atoms with E-state index in [9.17, 15) is 18.3 Å². The van der Waals surface area contributed by atoms with Gasteiger partial charge in [-0.15, -0.1) is 0 Å². The van der Waals surface area contributed by atoms with E-state index in [-0.39, 0.29) is 6.42 Å². The molecule has 1 unspecified atom stereocenters. The van der Waals surface area contributed by atoms with Gasteiger partial charge in [-0.25, -0.2) is 0 Å². The van der Waals surface area contributed by atoms with Crippen molar-refractivity contribution in [3.05, 3.63) is 59.2 Å². The number of methoxy groups -OCH3 is 2. The highest BCUT2D eigenvalue weighted by atomic mass is 19.4. The number of halogens is 3. The maximum atomic E-state index is 13.2. The van der Waals surface area contributed by atoms with Crippen molar-refractivity contribution in [2.24, 2.45) is 5.73 Å². The van der Waals surface area contributed by atoms with E-state index in [2.05, 4.69) is 0 Å². The van der Waals surface area contributed by atoms with Crippen LogP contribution in [0.2, 0.25) is 0 Å². The van der Waals surface area contributed by atoms with Crippen LogP contribution in [0.5, 0.6) is 11.5 Å². The van der Waals surface area contributed by atoms with Crippen molar-refractivity contribution in [2.75, 3.05) is 14.2 Å². The molecule has 0 bridgehead atoms. The maximum Gasteiger partial charge on any atom is 0.416 e. The van der Waals surface area contributed by atoms with Crippen LogP contribution in [-0.2, 0) is 18.0 Å². The molecular weight excluding hydrogens is 371 g/mol. The Labute approximate surface area is 163 Å². The van der Waals surface area contributed by atoms with E-state index >= 15 is 0 Å². The van der Waals surface area contributed by atoms with E-state index in [4.69, 9.17) is 15.2 Å². The first kappa shape index (κ1) is 22.0. The van der Waals surface area contributed by atoms with Gasteiger partial charge >= 0.3 is 6.18 Å². The van der Waals surface area contributed by atoms with Gasteiger partial charge in [-0.1, -0.05) is 31.2 Å². The quantitative estimate of drug-likeness (QED) is 0.653. The first-order chi connectivity index (χ1) is 13.1. The molecule has 0 heterocycles. The average molecular weight is 397 g/mol. The molecule has 0 aliphatic carbocycles. The Bertz CT molecular complexity index is 793. The highest BCUT2D eigenvalue weighted by Crippen LogP contribution is 2.40. The van der Waals surface area contributed by atoms with E-state index in [1.54, 1.807) is 18.2 Å². The van der Waals surface area contributed by atoms with Crippen molar-refractivity contribution < 1.29 is 27.8 Å². The van der Waals surface area contributed by atoms with E-state index in [0.717, 1.165) is 17.7 Å². The van der Waals surface area contributed by atoms with Crippen molar-refractivity contribution in [1.29, 1.82) is 0 Å². The minimum Gasteiger partial charge on any atom is -0.493 e. The lowest BCUT2D eigenvalue weighted by molar-refractivity contribution is -0.137. The number of hydrogen-bond acceptors (Lipinski definition) is 4. The molecule has 2 rings (SSSR count). The Hall–Kier alpha value is -2.25. The first-order valence-corrected chi connectivity index (χ1v) is 8.97. The van der Waals surface area contributed by atoms with E-state index in [1.165, 1.54) is 20.3 Å². The zero-order chi connectivity index (χ0) is 20.9. The molecule has 3 N–H and O–H groups in total. The van der Waals surface area contributed by atoms with Crippen LogP contribution >= 0.6 is 0 Å². The van der Waals surface area contributed by atoms with Crippen molar-refractivity contribution in [2.45, 2.75) is 44.0 Å². The van der Waals surface area contributed by atoms with Gasteiger partial charge < -0.3 is 20.3 Å². The number of nitrogens with two attached hydrogens (primary N) is 1. The summed E-state index contributed by atoms with van der Waals surface area (Å²) in [7, 11) is 3.05. The fourth-order valence-corrected chi connectivity index (χ4v) is 3.57. The molecule has 0 fully saturated rings. The number of benzene rings is 2. The maximum absolute atomic E-state index is 13.2. The minimum absolute atomic E-state index is 0.124. The SMILES string of the molecule is CCC(Cc1ccc(OC)c(OC)c1)(C[C@H](N)O)c1cccc(C(F)(F)F)c1. The molecule has 0 amide bonds. The molecule has 2 aromatic carbocycles. The highest BCUT2D eigenvalue weighted by molar-refractivity contribution is 5.44. The normalized spacial score (nSPS) is 15.0. The van der Waals surface area contributed by atoms with Crippen LogP contribution in [0.1, 0.15) is 36.5 Å². The number of ether oxygens (including phenoxy) is 2. The van der Waals surface area contributed by atoms with Crippen LogP contribution in [0, 0.1) is 0 Å². The molecule has 0 aliphatic heterocycles. The van der Waals surface area contributed by atoms with E-state index in [0.29, 0.717) is 29.9 Å². The number of rotatable bonds is 8. The van der Waals surface area contributed by atoms with Gasteiger partial charge in [0.05, 0.1) is 19.8 Å². The molecule has 154 valence electrons. The molecular formula is C21H26F3NO3. The van der Waals surface area contributed by atoms with Crippen LogP contribution in [0.3, 0.4) is 0 Å². The molecule has 0 saturated heterocycles. The van der Waals surface area contributed by atoms with Gasteiger partial charge in [0.15, 0.2) is 11.5 Å². The second-order valence-electron chi connectivity index (χ2n) is 6.85. The lowest BCUT2D eigenvalue weighted by Crippen LogP contribution is -2.36. The third-order valence-corrected chi connectivity index (χ3v) is 5.07. The fourth-order valence-electron chi connectivity index (χ4n) is 3.57. The van der Waals surface area contributed by atoms with Crippen LogP contribution < -0.4 is 15.2 Å². The molecule has 0 radical (unpaired) electrons. The molecule has 2 atom stereocenters. The third-order valence-electron chi connectivity index (χ3n) is 5.07. The number of alkyl halides is 3. The number of hydrogen-bond donors (Lipinski definition) is 2. The molecule has 28 heavy (non-hydrogen) atoms. The molecule has 0 aliphatic rings. The van der Waals surface area contributed by atoms with Gasteiger partial charge in [0.25, 0.3) is 0 Å². The predicted octanol–water partition coefficient (Wildman–Crippen LogP) is 4.28. The number of aliphatic hydroxyl groups excluding tert-OH is 1. The fraction of sp³-hybridized carbons (Fsp3) is 0.429. The topological polar surface area (TPSA) is 64.7 Å². The van der Waals surface area contributed by atoms with Crippen molar-refractivity contribution in [3.8, 4) is 11.5 Å². The van der Waals surface area contributed by atoms with Crippen LogP contribution in [0.4, 0.5) is 13.2 Å². The predicted molar refractivity (Wildman–Crippen MR) is 101 cm³/mol. The zero-order valence-electron chi connectivity index (χ0n) is 16.2. The van der Waals surface area contributed by atoms with Crippen molar-refractivity contribution in [1.82, 2.24) is 0 Å². The summed E-state index contributed by atoms with van der Waals surface area (Å²) in [6.07, 6.45) is -4.59. The Morgan fingerprint density at radius 1 is 1.00 bits per heavy atom. The van der Waals surface area contributed by atoms with Gasteiger partial charge in [-0.3, -0.25) is 0 Å². The largest absolute Gasteiger partial charge is 0.493 e. The molecule has 0 saturated carbocycles. The molecule has 2 aromatic rings. The Morgan fingerprint density at radius 3 is 2.18 bits per heavy atom. The standard InChI is InChI=1S/C21H26F3NO3/c1-4-20(13-19(25)26,15-6-5-7-16(11-15)21(22,23)24)12-14-8-9-17(27-2)18(10-14)28-3/h5-11,19,26H,4,12-13,25H2,1-3H3/t19-,20?/m1/s1. The molecule has 0 spiro atoms. The molecule has 7 heteroatoms. The highest BCUT2D eigenvalue weighted by Gasteiger charge is 2.36. The zero-order valence-corrected chi connectivity index (χ0v) is 16.2. The Balaban J connectivity index is 2.53. The minimum atomic E-state index is -4.44. The summed E-state index contributed by atoms with van der Waals surface area (Å²) in [6.45, 7) is 1.88. The smallest absolute Gasteiger partial charge is 0.416 e. The number of aliphatic hydroxyl groups is 1. The summed E-state index contributed by atoms with van der Waals surface area (Å²) < 4.78 is 50.2. The van der Waals surface area contributed by atoms with Crippen molar-refractivity contribution >= 4 is 0 Å². The van der Waals surface area contributed by atoms with Gasteiger partial charge in [0.1, 0.15) is 6.23 Å². The monoisotopic (exact) mass is 397 g/mol. The summed E-state index contributed by atoms with van der Waals surface area (Å²) in [4.78, 5) is 0. The summed E-state index contributed by atoms with van der Waals surface area (Å²) in [5.41, 5.74) is 5.50. The summed E-state index contributed by atoms with van der Waals surface area (Å²) in [6, 6.07) is 10.6. The lowest BCUT2D eigenvalue weighted by Gasteiger charge is -2.35. The summed E-state index contributed by atoms with van der Waals surface area (Å²) >= 11 is 0. The van der Waals surface area contributed by atoms with Gasteiger partial charge in [-0.05, 0) is 48.6 Å².